The van der Waals surface area contributed by atoms with Crippen molar-refractivity contribution < 1.29 is 48.0 Å². The van der Waals surface area contributed by atoms with Gasteiger partial charge < -0.3 is 24.8 Å². The van der Waals surface area contributed by atoms with Gasteiger partial charge in [-0.25, -0.2) is 0 Å². The molecule has 2 nitrogen and oxygen atoms in total. The summed E-state index contributed by atoms with van der Waals surface area (Å²) < 4.78 is 4.46. The summed E-state index contributed by atoms with van der Waals surface area (Å²) in [6.07, 6.45) is 4.38. The van der Waals surface area contributed by atoms with E-state index in [0.29, 0.717) is 9.54 Å². The summed E-state index contributed by atoms with van der Waals surface area (Å²) in [5, 5.41) is 6.01. The summed E-state index contributed by atoms with van der Waals surface area (Å²) in [6, 6.07) is 17.5. The predicted octanol–water partition coefficient (Wildman–Crippen LogP) is 0.440. The molecule has 0 bridgehead atoms. The van der Waals surface area contributed by atoms with Crippen LogP contribution in [-0.2, 0) is 23.2 Å². The molecule has 2 aromatic carbocycles. The number of para-hydroxylation sites is 1. The molecule has 5 heteroatoms. The number of rotatable bonds is 3. The average Bonchev–Trinajstić information content (AvgIpc) is 3.35. The molecule has 0 aliphatic heterocycles. The molecular formula is C25H24Cl2N2Zr. The molecule has 0 spiro atoms. The first-order valence-electron chi connectivity index (χ1n) is 9.95. The molecule has 3 aromatic rings. The molecule has 0 fully saturated rings. The van der Waals surface area contributed by atoms with Gasteiger partial charge in [0, 0.05) is 0 Å². The van der Waals surface area contributed by atoms with Crippen LogP contribution in [0.3, 0.4) is 0 Å². The van der Waals surface area contributed by atoms with Crippen LogP contribution < -0.4 is 24.8 Å². The van der Waals surface area contributed by atoms with E-state index in [-0.39, 0.29) is 24.8 Å². The third kappa shape index (κ3) is 3.60. The van der Waals surface area contributed by atoms with Gasteiger partial charge in [0.1, 0.15) is 0 Å². The van der Waals surface area contributed by atoms with E-state index >= 15 is 0 Å². The van der Waals surface area contributed by atoms with Crippen molar-refractivity contribution in [2.75, 3.05) is 0 Å². The Hall–Kier alpha value is -1.41. The number of benzene rings is 2. The molecule has 1 aromatic heterocycles. The van der Waals surface area contributed by atoms with Gasteiger partial charge in [-0.05, 0) is 0 Å². The van der Waals surface area contributed by atoms with E-state index in [2.05, 4.69) is 87.0 Å². The summed E-state index contributed by atoms with van der Waals surface area (Å²) in [7, 11) is 0. The van der Waals surface area contributed by atoms with Gasteiger partial charge in [-0.2, -0.15) is 0 Å². The fourth-order valence-electron chi connectivity index (χ4n) is 4.57. The Morgan fingerprint density at radius 1 is 0.900 bits per heavy atom. The van der Waals surface area contributed by atoms with Gasteiger partial charge in [0.2, 0.25) is 0 Å². The summed E-state index contributed by atoms with van der Waals surface area (Å²) in [5.41, 5.74) is 10.1. The van der Waals surface area contributed by atoms with Crippen LogP contribution in [0.1, 0.15) is 42.4 Å². The first-order valence-corrected chi connectivity index (χ1v) is 12.6. The van der Waals surface area contributed by atoms with Gasteiger partial charge in [-0.1, -0.05) is 0 Å². The molecule has 2 atom stereocenters. The van der Waals surface area contributed by atoms with Crippen molar-refractivity contribution in [3.05, 3.63) is 85.9 Å². The second-order valence-electron chi connectivity index (χ2n) is 7.96. The van der Waals surface area contributed by atoms with Crippen LogP contribution >= 0.6 is 0 Å². The zero-order valence-electron chi connectivity index (χ0n) is 17.6. The predicted molar refractivity (Wildman–Crippen MR) is 113 cm³/mol. The number of halogens is 2. The van der Waals surface area contributed by atoms with Crippen LogP contribution in [0.4, 0.5) is 0 Å². The summed E-state index contributed by atoms with van der Waals surface area (Å²) in [4.78, 5) is 0. The van der Waals surface area contributed by atoms with E-state index < -0.39 is 23.2 Å². The van der Waals surface area contributed by atoms with E-state index in [0.717, 1.165) is 0 Å². The number of nitrogens with zero attached hydrogens (tertiary/aromatic N) is 2. The summed E-state index contributed by atoms with van der Waals surface area (Å²) in [5.74, 6) is 0.606. The molecule has 152 valence electrons. The Balaban J connectivity index is 0.00000128. The molecule has 2 unspecified atom stereocenters. The minimum atomic E-state index is -0.885. The third-order valence-corrected chi connectivity index (χ3v) is 11.5. The Morgan fingerprint density at radius 2 is 1.60 bits per heavy atom. The number of aromatic nitrogens is 2. The fraction of sp³-hybridized carbons (Fsp3) is 0.240. The molecule has 0 saturated heterocycles. The van der Waals surface area contributed by atoms with Crippen LogP contribution in [0.25, 0.3) is 22.7 Å². The average molecular weight is 515 g/mol. The first-order chi connectivity index (χ1) is 13.6. The van der Waals surface area contributed by atoms with E-state index in [1.54, 1.807) is 14.4 Å². The maximum Gasteiger partial charge on any atom is -1.00 e. The second kappa shape index (κ2) is 8.99. The molecule has 0 amide bonds. The van der Waals surface area contributed by atoms with Crippen molar-refractivity contribution in [3.63, 3.8) is 0 Å². The van der Waals surface area contributed by atoms with Gasteiger partial charge >= 0.3 is 179 Å². The zero-order chi connectivity index (χ0) is 19.4. The maximum atomic E-state index is 4.80. The number of allylic oxidation sites excluding steroid dienone is 5. The molecule has 0 saturated carbocycles. The third-order valence-electron chi connectivity index (χ3n) is 6.57. The standard InChI is InChI=1S/C16H11N2.C9H13.2ClH.Zr/c1-2-6-13-10-15(9-12(13)5-1)18-16-8-4-3-7-14(16)11-17-18;1-6-5-7(2)9(4)8(6)3;;;/h1-11H;6H,1-4H3;2*1H;/q;;;;+2/p-2. The fourth-order valence-corrected chi connectivity index (χ4v) is 9.37. The SMILES string of the molecule is CC1=C(C)C(C)[C]([Zr+2][CH]2C(n3ncc4ccccc43)=Cc3ccccc32)=C1C.[Cl-].[Cl-]. The van der Waals surface area contributed by atoms with Gasteiger partial charge in [-0.15, -0.1) is 0 Å². The Morgan fingerprint density at radius 3 is 2.33 bits per heavy atom. The van der Waals surface area contributed by atoms with Crippen molar-refractivity contribution in [2.45, 2.75) is 31.3 Å². The molecule has 0 radical (unpaired) electrons. The van der Waals surface area contributed by atoms with Crippen LogP contribution in [0.2, 0.25) is 0 Å². The monoisotopic (exact) mass is 512 g/mol. The van der Waals surface area contributed by atoms with Crippen LogP contribution in [0.15, 0.2) is 74.7 Å². The number of hydrogen-bond acceptors (Lipinski definition) is 1. The molecule has 5 rings (SSSR count). The smallest absolute Gasteiger partial charge is 1.00 e. The van der Waals surface area contributed by atoms with E-state index in [1.165, 1.54) is 33.3 Å². The van der Waals surface area contributed by atoms with Crippen molar-refractivity contribution in [2.24, 2.45) is 5.92 Å². The normalized spacial score (nSPS) is 19.9. The maximum absolute atomic E-state index is 4.80. The topological polar surface area (TPSA) is 17.8 Å². The molecule has 2 aliphatic carbocycles. The number of fused-ring (bicyclic) bond motifs is 2. The largest absolute Gasteiger partial charge is 1.00 e. The Kier molecular flexibility index (Phi) is 6.97. The molecule has 30 heavy (non-hydrogen) atoms. The quantitative estimate of drug-likeness (QED) is 0.496. The summed E-state index contributed by atoms with van der Waals surface area (Å²) in [6.45, 7) is 9.36. The zero-order valence-corrected chi connectivity index (χ0v) is 21.5. The van der Waals surface area contributed by atoms with Crippen LogP contribution in [0.5, 0.6) is 0 Å². The van der Waals surface area contributed by atoms with Gasteiger partial charge in [0.15, 0.2) is 0 Å². The van der Waals surface area contributed by atoms with E-state index in [1.807, 2.05) is 6.20 Å². The van der Waals surface area contributed by atoms with Crippen molar-refractivity contribution >= 4 is 22.7 Å². The number of hydrogen-bond donors (Lipinski definition) is 0. The minimum Gasteiger partial charge on any atom is -1.00 e. The van der Waals surface area contributed by atoms with Gasteiger partial charge in [-0.3, -0.25) is 0 Å². The van der Waals surface area contributed by atoms with Crippen molar-refractivity contribution in [1.82, 2.24) is 9.78 Å². The van der Waals surface area contributed by atoms with E-state index in [4.69, 9.17) is 5.10 Å². The molecular weight excluding hydrogens is 490 g/mol. The van der Waals surface area contributed by atoms with Crippen molar-refractivity contribution in [3.8, 4) is 0 Å². The molecule has 2 aliphatic rings. The minimum absolute atomic E-state index is 0. The van der Waals surface area contributed by atoms with Crippen LogP contribution in [-0.4, -0.2) is 9.78 Å². The molecule has 0 N–H and O–H groups in total. The van der Waals surface area contributed by atoms with Gasteiger partial charge in [0.05, 0.1) is 0 Å². The first kappa shape index (κ1) is 23.3. The summed E-state index contributed by atoms with van der Waals surface area (Å²) >= 11 is -0.885. The molecule has 1 heterocycles. The second-order valence-corrected chi connectivity index (χ2v) is 11.4. The van der Waals surface area contributed by atoms with Crippen molar-refractivity contribution in [1.29, 1.82) is 0 Å². The Bertz CT molecular complexity index is 1200. The van der Waals surface area contributed by atoms with Gasteiger partial charge in [0.25, 0.3) is 0 Å². The van der Waals surface area contributed by atoms with Crippen LogP contribution in [0, 0.1) is 5.92 Å². The Labute approximate surface area is 202 Å². The van der Waals surface area contributed by atoms with E-state index in [9.17, 15) is 0 Å².